The first kappa shape index (κ1) is 23.5. The molecule has 2 aromatic carbocycles. The topological polar surface area (TPSA) is 88.9 Å². The predicted octanol–water partition coefficient (Wildman–Crippen LogP) is 4.47. The Morgan fingerprint density at radius 1 is 1.03 bits per heavy atom. The molecule has 0 aliphatic carbocycles. The highest BCUT2D eigenvalue weighted by Crippen LogP contribution is 2.25. The van der Waals surface area contributed by atoms with Crippen molar-refractivity contribution in [3.8, 4) is 0 Å². The lowest BCUT2D eigenvalue weighted by Gasteiger charge is -2.14. The molecule has 0 spiro atoms. The van der Waals surface area contributed by atoms with Gasteiger partial charge in [0.05, 0.1) is 11.8 Å². The molecule has 3 aromatic rings. The maximum atomic E-state index is 12.5. The minimum Gasteiger partial charge on any atom is -0.342 e. The summed E-state index contributed by atoms with van der Waals surface area (Å²) >= 11 is 1.31. The van der Waals surface area contributed by atoms with Crippen molar-refractivity contribution in [3.05, 3.63) is 71.0 Å². The van der Waals surface area contributed by atoms with Gasteiger partial charge in [-0.2, -0.15) is 0 Å². The lowest BCUT2D eigenvalue weighted by Crippen LogP contribution is -2.28. The van der Waals surface area contributed by atoms with Crippen LogP contribution in [0.2, 0.25) is 0 Å². The van der Waals surface area contributed by atoms with Crippen molar-refractivity contribution < 1.29 is 9.59 Å². The zero-order valence-corrected chi connectivity index (χ0v) is 19.9. The van der Waals surface area contributed by atoms with Crippen LogP contribution in [-0.4, -0.2) is 32.3 Å². The second-order valence-electron chi connectivity index (χ2n) is 8.04. The number of hydrogen-bond donors (Lipinski definition) is 2. The van der Waals surface area contributed by atoms with Gasteiger partial charge in [-0.25, -0.2) is 0 Å². The van der Waals surface area contributed by atoms with Crippen molar-refractivity contribution in [1.29, 1.82) is 0 Å². The van der Waals surface area contributed by atoms with Crippen LogP contribution in [0, 0.1) is 6.92 Å². The Bertz CT molecular complexity index is 1090. The lowest BCUT2D eigenvalue weighted by atomic mass is 10.0. The number of thioether (sulfide) groups is 1. The molecule has 168 valence electrons. The van der Waals surface area contributed by atoms with Crippen molar-refractivity contribution in [3.63, 3.8) is 0 Å². The van der Waals surface area contributed by atoms with Crippen LogP contribution < -0.4 is 10.6 Å². The Labute approximate surface area is 193 Å². The zero-order chi connectivity index (χ0) is 23.3. The van der Waals surface area contributed by atoms with Crippen molar-refractivity contribution in [2.75, 3.05) is 11.1 Å². The van der Waals surface area contributed by atoms with Crippen LogP contribution in [0.4, 0.5) is 5.69 Å². The van der Waals surface area contributed by atoms with E-state index < -0.39 is 0 Å². The number of rotatable bonds is 8. The van der Waals surface area contributed by atoms with Crippen LogP contribution >= 0.6 is 11.8 Å². The second kappa shape index (κ2) is 10.5. The Kier molecular flexibility index (Phi) is 7.69. The highest BCUT2D eigenvalue weighted by Gasteiger charge is 2.19. The van der Waals surface area contributed by atoms with Crippen molar-refractivity contribution >= 4 is 29.3 Å². The minimum atomic E-state index is -0.331. The summed E-state index contributed by atoms with van der Waals surface area (Å²) < 4.78 is 1.81. The molecule has 2 amide bonds. The van der Waals surface area contributed by atoms with Crippen molar-refractivity contribution in [2.24, 2.45) is 7.05 Å². The molecule has 0 aliphatic rings. The Morgan fingerprint density at radius 3 is 2.41 bits per heavy atom. The molecule has 0 saturated heterocycles. The van der Waals surface area contributed by atoms with Gasteiger partial charge in [-0.05, 0) is 43.5 Å². The third-order valence-electron chi connectivity index (χ3n) is 5.11. The average Bonchev–Trinajstić information content (AvgIpc) is 3.13. The van der Waals surface area contributed by atoms with E-state index in [4.69, 9.17) is 0 Å². The summed E-state index contributed by atoms with van der Waals surface area (Å²) in [5.41, 5.74) is 3.63. The first-order valence-corrected chi connectivity index (χ1v) is 11.5. The number of benzene rings is 2. The van der Waals surface area contributed by atoms with E-state index >= 15 is 0 Å². The van der Waals surface area contributed by atoms with E-state index in [1.54, 1.807) is 16.7 Å². The van der Waals surface area contributed by atoms with Gasteiger partial charge < -0.3 is 15.2 Å². The number of para-hydroxylation sites is 1. The summed E-state index contributed by atoms with van der Waals surface area (Å²) in [6.45, 7) is 8.03. The molecular weight excluding hydrogens is 422 g/mol. The van der Waals surface area contributed by atoms with Gasteiger partial charge in [0.1, 0.15) is 0 Å². The Morgan fingerprint density at radius 2 is 1.72 bits per heavy atom. The van der Waals surface area contributed by atoms with E-state index in [9.17, 15) is 9.59 Å². The first-order chi connectivity index (χ1) is 15.3. The molecule has 1 atom stereocenters. The van der Waals surface area contributed by atoms with Crippen molar-refractivity contribution in [1.82, 2.24) is 20.1 Å². The largest absolute Gasteiger partial charge is 0.342 e. The summed E-state index contributed by atoms with van der Waals surface area (Å²) in [5, 5.41) is 15.0. The Balaban J connectivity index is 1.59. The van der Waals surface area contributed by atoms with Crippen LogP contribution in [0.3, 0.4) is 0 Å². The molecule has 0 saturated carbocycles. The van der Waals surface area contributed by atoms with E-state index in [0.717, 1.165) is 16.8 Å². The molecule has 0 aliphatic heterocycles. The van der Waals surface area contributed by atoms with Crippen LogP contribution in [0.25, 0.3) is 0 Å². The summed E-state index contributed by atoms with van der Waals surface area (Å²) in [4.78, 5) is 25.0. The van der Waals surface area contributed by atoms with Crippen LogP contribution in [0.1, 0.15) is 60.0 Å². The maximum absolute atomic E-state index is 12.5. The first-order valence-electron chi connectivity index (χ1n) is 10.5. The average molecular weight is 452 g/mol. The standard InChI is InChI=1S/C24H29N5O2S/c1-15(2)19-8-6-7-9-20(19)26-21(30)14-32-24-28-27-22(29(24)5)17(4)25-23(31)18-12-10-16(3)11-13-18/h6-13,15,17H,14H2,1-5H3,(H,25,31)(H,26,30)/t17-/m1/s1. The molecule has 0 radical (unpaired) electrons. The number of aromatic nitrogens is 3. The van der Waals surface area contributed by atoms with Crippen LogP contribution in [0.5, 0.6) is 0 Å². The molecule has 8 heteroatoms. The van der Waals surface area contributed by atoms with Gasteiger partial charge in [-0.15, -0.1) is 10.2 Å². The lowest BCUT2D eigenvalue weighted by molar-refractivity contribution is -0.113. The highest BCUT2D eigenvalue weighted by molar-refractivity contribution is 7.99. The van der Waals surface area contributed by atoms with E-state index in [-0.39, 0.29) is 23.6 Å². The Hall–Kier alpha value is -3.13. The quantitative estimate of drug-likeness (QED) is 0.493. The van der Waals surface area contributed by atoms with E-state index in [1.807, 2.05) is 57.3 Å². The fourth-order valence-corrected chi connectivity index (χ4v) is 4.03. The number of nitrogens with one attached hydrogen (secondary N) is 2. The number of hydrogen-bond acceptors (Lipinski definition) is 5. The van der Waals surface area contributed by atoms with Gasteiger partial charge in [-0.3, -0.25) is 9.59 Å². The van der Waals surface area contributed by atoms with E-state index in [1.165, 1.54) is 11.8 Å². The second-order valence-corrected chi connectivity index (χ2v) is 8.98. The molecule has 0 bridgehead atoms. The number of amides is 2. The van der Waals surface area contributed by atoms with Crippen LogP contribution in [0.15, 0.2) is 53.7 Å². The number of carbonyl (C=O) groups is 2. The molecule has 1 heterocycles. The molecule has 7 nitrogen and oxygen atoms in total. The third kappa shape index (κ3) is 5.76. The number of aryl methyl sites for hydroxylation is 1. The van der Waals surface area contributed by atoms with Gasteiger partial charge in [0, 0.05) is 18.3 Å². The highest BCUT2D eigenvalue weighted by atomic mass is 32.2. The normalized spacial score (nSPS) is 11.9. The minimum absolute atomic E-state index is 0.103. The van der Waals surface area contributed by atoms with E-state index in [2.05, 4.69) is 34.7 Å². The van der Waals surface area contributed by atoms with Gasteiger partial charge in [0.25, 0.3) is 5.91 Å². The van der Waals surface area contributed by atoms with Crippen molar-refractivity contribution in [2.45, 2.75) is 44.8 Å². The number of carbonyl (C=O) groups excluding carboxylic acids is 2. The molecule has 32 heavy (non-hydrogen) atoms. The predicted molar refractivity (Wildman–Crippen MR) is 128 cm³/mol. The molecule has 2 N–H and O–H groups in total. The monoisotopic (exact) mass is 451 g/mol. The number of anilines is 1. The SMILES string of the molecule is Cc1ccc(C(=O)N[C@H](C)c2nnc(SCC(=O)Nc3ccccc3C(C)C)n2C)cc1. The molecular formula is C24H29N5O2S. The number of nitrogens with zero attached hydrogens (tertiary/aromatic N) is 3. The maximum Gasteiger partial charge on any atom is 0.251 e. The fraction of sp³-hybridized carbons (Fsp3) is 0.333. The van der Waals surface area contributed by atoms with Gasteiger partial charge in [-0.1, -0.05) is 61.5 Å². The molecule has 0 fully saturated rings. The summed E-state index contributed by atoms with van der Waals surface area (Å²) in [6.07, 6.45) is 0. The van der Waals surface area contributed by atoms with E-state index in [0.29, 0.717) is 22.5 Å². The fourth-order valence-electron chi connectivity index (χ4n) is 3.31. The molecule has 0 unspecified atom stereocenters. The van der Waals surface area contributed by atoms with Gasteiger partial charge >= 0.3 is 0 Å². The summed E-state index contributed by atoms with van der Waals surface area (Å²) in [7, 11) is 1.83. The smallest absolute Gasteiger partial charge is 0.251 e. The summed E-state index contributed by atoms with van der Waals surface area (Å²) in [6, 6.07) is 14.9. The molecule has 3 rings (SSSR count). The molecule has 1 aromatic heterocycles. The zero-order valence-electron chi connectivity index (χ0n) is 19.0. The van der Waals surface area contributed by atoms with Crippen LogP contribution in [-0.2, 0) is 11.8 Å². The van der Waals surface area contributed by atoms with Gasteiger partial charge in [0.2, 0.25) is 5.91 Å². The van der Waals surface area contributed by atoms with Gasteiger partial charge in [0.15, 0.2) is 11.0 Å². The summed E-state index contributed by atoms with van der Waals surface area (Å²) in [5.74, 6) is 0.879. The third-order valence-corrected chi connectivity index (χ3v) is 6.13.